The topological polar surface area (TPSA) is 76.7 Å². The highest BCUT2D eigenvalue weighted by Crippen LogP contribution is 2.30. The highest BCUT2D eigenvalue weighted by atomic mass is 16.5. The molecular weight excluding hydrogens is 344 g/mol. The molecule has 6 heteroatoms. The van der Waals surface area contributed by atoms with Crippen LogP contribution < -0.4 is 20.1 Å². The van der Waals surface area contributed by atoms with Gasteiger partial charge in [0.25, 0.3) is 0 Å². The number of nitrogens with one attached hydrogen (secondary N) is 2. The van der Waals surface area contributed by atoms with E-state index in [1.165, 1.54) is 0 Å². The van der Waals surface area contributed by atoms with E-state index in [2.05, 4.69) is 10.6 Å². The summed E-state index contributed by atoms with van der Waals surface area (Å²) in [5, 5.41) is 5.31. The lowest BCUT2D eigenvalue weighted by molar-refractivity contribution is -0.133. The Kier molecular flexibility index (Phi) is 7.23. The molecule has 2 N–H and O–H groups in total. The Hall–Kier alpha value is -3.02. The van der Waals surface area contributed by atoms with Crippen molar-refractivity contribution in [3.63, 3.8) is 0 Å². The van der Waals surface area contributed by atoms with Crippen molar-refractivity contribution < 1.29 is 19.1 Å². The summed E-state index contributed by atoms with van der Waals surface area (Å²) in [5.74, 6) is -0.350. The van der Waals surface area contributed by atoms with Crippen molar-refractivity contribution in [1.29, 1.82) is 0 Å². The van der Waals surface area contributed by atoms with Gasteiger partial charge in [-0.3, -0.25) is 9.59 Å². The van der Waals surface area contributed by atoms with Crippen LogP contribution >= 0.6 is 0 Å². The van der Waals surface area contributed by atoms with E-state index in [1.54, 1.807) is 18.2 Å². The molecule has 0 spiro atoms. The third-order valence-electron chi connectivity index (χ3n) is 3.99. The number of carbonyl (C=O) groups excluding carboxylic acids is 2. The van der Waals surface area contributed by atoms with E-state index in [1.807, 2.05) is 45.9 Å². The number of amides is 2. The third-order valence-corrected chi connectivity index (χ3v) is 3.99. The molecule has 0 saturated heterocycles. The Bertz CT molecular complexity index is 818. The van der Waals surface area contributed by atoms with E-state index >= 15 is 0 Å². The molecule has 0 fully saturated rings. The van der Waals surface area contributed by atoms with E-state index < -0.39 is 11.8 Å². The number of carbonyl (C=O) groups is 2. The van der Waals surface area contributed by atoms with Crippen LogP contribution in [-0.2, 0) is 16.0 Å². The van der Waals surface area contributed by atoms with Crippen LogP contribution in [-0.4, -0.2) is 25.0 Å². The van der Waals surface area contributed by atoms with Crippen molar-refractivity contribution in [2.75, 3.05) is 23.8 Å². The van der Waals surface area contributed by atoms with E-state index in [0.717, 1.165) is 17.5 Å². The Morgan fingerprint density at radius 2 is 1.56 bits per heavy atom. The molecule has 6 nitrogen and oxygen atoms in total. The molecule has 0 saturated carbocycles. The van der Waals surface area contributed by atoms with Crippen molar-refractivity contribution in [3.05, 3.63) is 47.5 Å². The Morgan fingerprint density at radius 3 is 2.22 bits per heavy atom. The average molecular weight is 370 g/mol. The lowest BCUT2D eigenvalue weighted by atomic mass is 10.1. The molecule has 144 valence electrons. The SMILES string of the molecule is CCOc1ccc(NC(=O)C(=O)Nc2c(C)cccc2CC)cc1OCC. The minimum atomic E-state index is -0.744. The van der Waals surface area contributed by atoms with Gasteiger partial charge in [0.15, 0.2) is 11.5 Å². The molecule has 0 aliphatic rings. The highest BCUT2D eigenvalue weighted by molar-refractivity contribution is 6.43. The van der Waals surface area contributed by atoms with Crippen LogP contribution in [0.1, 0.15) is 31.9 Å². The predicted octanol–water partition coefficient (Wildman–Crippen LogP) is 3.93. The summed E-state index contributed by atoms with van der Waals surface area (Å²) in [4.78, 5) is 24.7. The summed E-state index contributed by atoms with van der Waals surface area (Å²) in [6, 6.07) is 10.8. The molecule has 27 heavy (non-hydrogen) atoms. The molecule has 2 aromatic rings. The minimum absolute atomic E-state index is 0.461. The number of aryl methyl sites for hydroxylation is 2. The van der Waals surface area contributed by atoms with Crippen molar-refractivity contribution in [2.24, 2.45) is 0 Å². The van der Waals surface area contributed by atoms with Crippen molar-refractivity contribution >= 4 is 23.2 Å². The number of hydrogen-bond donors (Lipinski definition) is 2. The normalized spacial score (nSPS) is 10.2. The monoisotopic (exact) mass is 370 g/mol. The minimum Gasteiger partial charge on any atom is -0.490 e. The number of ether oxygens (including phenoxy) is 2. The van der Waals surface area contributed by atoms with Crippen LogP contribution in [0.5, 0.6) is 11.5 Å². The first-order valence-electron chi connectivity index (χ1n) is 9.10. The molecule has 2 aromatic carbocycles. The summed E-state index contributed by atoms with van der Waals surface area (Å²) >= 11 is 0. The Labute approximate surface area is 159 Å². The molecule has 0 atom stereocenters. The van der Waals surface area contributed by atoms with Crippen LogP contribution in [0.25, 0.3) is 0 Å². The lowest BCUT2D eigenvalue weighted by Crippen LogP contribution is -2.29. The summed E-state index contributed by atoms with van der Waals surface area (Å²) < 4.78 is 11.0. The van der Waals surface area contributed by atoms with E-state index in [0.29, 0.717) is 36.1 Å². The zero-order valence-corrected chi connectivity index (χ0v) is 16.2. The molecule has 0 heterocycles. The zero-order chi connectivity index (χ0) is 19.8. The first kappa shape index (κ1) is 20.3. The summed E-state index contributed by atoms with van der Waals surface area (Å²) in [7, 11) is 0. The van der Waals surface area contributed by atoms with E-state index in [4.69, 9.17) is 9.47 Å². The van der Waals surface area contributed by atoms with Crippen LogP contribution in [0.4, 0.5) is 11.4 Å². The number of hydrogen-bond acceptors (Lipinski definition) is 4. The molecule has 0 aliphatic heterocycles. The molecule has 0 aromatic heterocycles. The maximum atomic E-state index is 12.3. The van der Waals surface area contributed by atoms with Gasteiger partial charge in [-0.1, -0.05) is 25.1 Å². The summed E-state index contributed by atoms with van der Waals surface area (Å²) in [6.07, 6.45) is 0.759. The van der Waals surface area contributed by atoms with Crippen molar-refractivity contribution in [1.82, 2.24) is 0 Å². The van der Waals surface area contributed by atoms with Crippen LogP contribution in [0, 0.1) is 6.92 Å². The van der Waals surface area contributed by atoms with Gasteiger partial charge in [-0.15, -0.1) is 0 Å². The maximum Gasteiger partial charge on any atom is 0.314 e. The summed E-state index contributed by atoms with van der Waals surface area (Å²) in [6.45, 7) is 8.61. The molecule has 0 unspecified atom stereocenters. The summed E-state index contributed by atoms with van der Waals surface area (Å²) in [5.41, 5.74) is 3.04. The van der Waals surface area contributed by atoms with Gasteiger partial charge in [0.05, 0.1) is 13.2 Å². The molecule has 0 bridgehead atoms. The van der Waals surface area contributed by atoms with Gasteiger partial charge >= 0.3 is 11.8 Å². The van der Waals surface area contributed by atoms with Crippen LogP contribution in [0.15, 0.2) is 36.4 Å². The Balaban J connectivity index is 2.13. The van der Waals surface area contributed by atoms with Gasteiger partial charge in [0, 0.05) is 17.4 Å². The quantitative estimate of drug-likeness (QED) is 0.724. The number of rotatable bonds is 7. The molecular formula is C21H26N2O4. The standard InChI is InChI=1S/C21H26N2O4/c1-5-15-10-8-9-14(4)19(15)23-21(25)20(24)22-16-11-12-17(26-6-2)18(13-16)27-7-3/h8-13H,5-7H2,1-4H3,(H,22,24)(H,23,25). The lowest BCUT2D eigenvalue weighted by Gasteiger charge is -2.14. The fraction of sp³-hybridized carbons (Fsp3) is 0.333. The van der Waals surface area contributed by atoms with Gasteiger partial charge in [-0.05, 0) is 50.5 Å². The van der Waals surface area contributed by atoms with Gasteiger partial charge in [0.2, 0.25) is 0 Å². The van der Waals surface area contributed by atoms with Gasteiger partial charge in [0.1, 0.15) is 0 Å². The predicted molar refractivity (Wildman–Crippen MR) is 107 cm³/mol. The smallest absolute Gasteiger partial charge is 0.314 e. The first-order chi connectivity index (χ1) is 13.0. The number of para-hydroxylation sites is 1. The van der Waals surface area contributed by atoms with Crippen molar-refractivity contribution in [2.45, 2.75) is 34.1 Å². The molecule has 2 amide bonds. The zero-order valence-electron chi connectivity index (χ0n) is 16.2. The first-order valence-corrected chi connectivity index (χ1v) is 9.10. The second kappa shape index (κ2) is 9.62. The second-order valence-electron chi connectivity index (χ2n) is 5.90. The van der Waals surface area contributed by atoms with E-state index in [-0.39, 0.29) is 0 Å². The van der Waals surface area contributed by atoms with Crippen LogP contribution in [0.3, 0.4) is 0 Å². The van der Waals surface area contributed by atoms with Crippen LogP contribution in [0.2, 0.25) is 0 Å². The van der Waals surface area contributed by atoms with E-state index in [9.17, 15) is 9.59 Å². The maximum absolute atomic E-state index is 12.3. The second-order valence-corrected chi connectivity index (χ2v) is 5.90. The van der Waals surface area contributed by atoms with Crippen molar-refractivity contribution in [3.8, 4) is 11.5 Å². The fourth-order valence-corrected chi connectivity index (χ4v) is 2.69. The molecule has 0 aliphatic carbocycles. The largest absolute Gasteiger partial charge is 0.490 e. The van der Waals surface area contributed by atoms with Gasteiger partial charge < -0.3 is 20.1 Å². The Morgan fingerprint density at radius 1 is 0.889 bits per heavy atom. The number of anilines is 2. The van der Waals surface area contributed by atoms with Gasteiger partial charge in [-0.25, -0.2) is 0 Å². The fourth-order valence-electron chi connectivity index (χ4n) is 2.69. The average Bonchev–Trinajstić information content (AvgIpc) is 2.65. The molecule has 0 radical (unpaired) electrons. The number of benzene rings is 2. The molecule has 2 rings (SSSR count). The third kappa shape index (κ3) is 5.23. The van der Waals surface area contributed by atoms with Gasteiger partial charge in [-0.2, -0.15) is 0 Å². The highest BCUT2D eigenvalue weighted by Gasteiger charge is 2.17.